The smallest absolute Gasteiger partial charge is 0.176 e. The summed E-state index contributed by atoms with van der Waals surface area (Å²) in [6.45, 7) is 0. The number of aromatic nitrogens is 2. The van der Waals surface area contributed by atoms with Crippen LogP contribution in [0, 0.1) is 6.26 Å². The van der Waals surface area contributed by atoms with Gasteiger partial charge in [0.1, 0.15) is 5.75 Å². The Labute approximate surface area is 116 Å². The number of hydrogen-bond donors (Lipinski definition) is 0. The average molecular weight is 259 g/mol. The summed E-state index contributed by atoms with van der Waals surface area (Å²) in [4.78, 5) is 0. The Hall–Kier alpha value is -2.68. The highest BCUT2D eigenvalue weighted by molar-refractivity contribution is 5.81. The van der Waals surface area contributed by atoms with Crippen LogP contribution in [0.15, 0.2) is 54.6 Å². The molecule has 4 rings (SSSR count). The van der Waals surface area contributed by atoms with Gasteiger partial charge in [-0.3, -0.25) is 0 Å². The first-order valence-electron chi connectivity index (χ1n) is 6.49. The minimum Gasteiger partial charge on any atom is -0.453 e. The summed E-state index contributed by atoms with van der Waals surface area (Å²) >= 11 is 0. The van der Waals surface area contributed by atoms with Crippen molar-refractivity contribution in [2.75, 3.05) is 0 Å². The first-order chi connectivity index (χ1) is 9.90. The molecule has 1 aromatic heterocycles. The minimum atomic E-state index is 0.767. The van der Waals surface area contributed by atoms with Gasteiger partial charge in [-0.05, 0) is 23.8 Å². The molecule has 0 spiro atoms. The van der Waals surface area contributed by atoms with E-state index in [0.717, 1.165) is 39.9 Å². The average Bonchev–Trinajstić information content (AvgIpc) is 2.54. The third-order valence-electron chi connectivity index (χ3n) is 3.43. The molecule has 3 heteroatoms. The second-order valence-corrected chi connectivity index (χ2v) is 4.76. The van der Waals surface area contributed by atoms with Gasteiger partial charge in [-0.15, -0.1) is 5.10 Å². The highest BCUT2D eigenvalue weighted by atomic mass is 16.5. The van der Waals surface area contributed by atoms with Crippen LogP contribution < -0.4 is 4.74 Å². The zero-order valence-corrected chi connectivity index (χ0v) is 10.7. The standard InChI is InChI=1S/C17H11N2O/c1-3-7-15-12(5-1)10-16(19-18-15)14-9-13-6-2-4-8-17(13)20-11-14/h1-8,10H,9H2. The fourth-order valence-electron chi connectivity index (χ4n) is 2.37. The maximum Gasteiger partial charge on any atom is 0.176 e. The number of para-hydroxylation sites is 1. The van der Waals surface area contributed by atoms with E-state index >= 15 is 0 Å². The molecular weight excluding hydrogens is 248 g/mol. The van der Waals surface area contributed by atoms with Crippen molar-refractivity contribution in [3.63, 3.8) is 0 Å². The molecule has 3 nitrogen and oxygen atoms in total. The number of fused-ring (bicyclic) bond motifs is 2. The summed E-state index contributed by atoms with van der Waals surface area (Å²) in [5.41, 5.74) is 3.80. The quantitative estimate of drug-likeness (QED) is 0.671. The van der Waals surface area contributed by atoms with Gasteiger partial charge in [0.2, 0.25) is 0 Å². The first kappa shape index (κ1) is 11.2. The molecule has 0 fully saturated rings. The van der Waals surface area contributed by atoms with Crippen LogP contribution in [0.4, 0.5) is 0 Å². The minimum absolute atomic E-state index is 0.767. The lowest BCUT2D eigenvalue weighted by atomic mass is 10.00. The molecule has 0 bridgehead atoms. The van der Waals surface area contributed by atoms with Crippen LogP contribution >= 0.6 is 0 Å². The van der Waals surface area contributed by atoms with Crippen molar-refractivity contribution in [2.45, 2.75) is 6.42 Å². The van der Waals surface area contributed by atoms with Crippen LogP contribution in [0.1, 0.15) is 11.3 Å². The molecule has 3 aromatic rings. The number of rotatable bonds is 1. The molecule has 0 saturated heterocycles. The SMILES string of the molecule is [C]1=C(c2cc3ccccc3nn2)Cc2ccccc2O1. The van der Waals surface area contributed by atoms with Crippen LogP contribution in [0.3, 0.4) is 0 Å². The van der Waals surface area contributed by atoms with Gasteiger partial charge < -0.3 is 4.74 Å². The van der Waals surface area contributed by atoms with Crippen LogP contribution in [0.2, 0.25) is 0 Å². The summed E-state index contributed by atoms with van der Waals surface area (Å²) in [5, 5.41) is 9.59. The third-order valence-corrected chi connectivity index (χ3v) is 3.43. The normalized spacial score (nSPS) is 13.5. The molecule has 1 aliphatic rings. The van der Waals surface area contributed by atoms with E-state index in [4.69, 9.17) is 4.74 Å². The summed E-state index contributed by atoms with van der Waals surface area (Å²) in [5.74, 6) is 0.866. The fourth-order valence-corrected chi connectivity index (χ4v) is 2.37. The zero-order valence-electron chi connectivity index (χ0n) is 10.7. The molecule has 1 aliphatic heterocycles. The molecular formula is C17H11N2O. The predicted molar refractivity (Wildman–Crippen MR) is 77.0 cm³/mol. The summed E-state index contributed by atoms with van der Waals surface area (Å²) in [6, 6.07) is 18.0. The van der Waals surface area contributed by atoms with Gasteiger partial charge in [0.25, 0.3) is 0 Å². The van der Waals surface area contributed by atoms with E-state index in [0.29, 0.717) is 0 Å². The van der Waals surface area contributed by atoms with Crippen molar-refractivity contribution in [1.82, 2.24) is 10.2 Å². The molecule has 2 aromatic carbocycles. The maximum absolute atomic E-state index is 5.55. The largest absolute Gasteiger partial charge is 0.453 e. The van der Waals surface area contributed by atoms with Gasteiger partial charge in [0.15, 0.2) is 6.26 Å². The third kappa shape index (κ3) is 1.84. The number of benzene rings is 2. The van der Waals surface area contributed by atoms with Crippen molar-refractivity contribution in [2.24, 2.45) is 0 Å². The molecule has 0 aliphatic carbocycles. The van der Waals surface area contributed by atoms with Gasteiger partial charge in [-0.2, -0.15) is 5.10 Å². The van der Waals surface area contributed by atoms with E-state index in [-0.39, 0.29) is 0 Å². The molecule has 20 heavy (non-hydrogen) atoms. The molecule has 0 amide bonds. The molecule has 0 unspecified atom stereocenters. The molecule has 95 valence electrons. The van der Waals surface area contributed by atoms with Crippen molar-refractivity contribution >= 4 is 16.5 Å². The van der Waals surface area contributed by atoms with E-state index in [1.54, 1.807) is 0 Å². The van der Waals surface area contributed by atoms with Crippen molar-refractivity contribution in [3.05, 3.63) is 72.1 Å². The van der Waals surface area contributed by atoms with E-state index in [9.17, 15) is 0 Å². The van der Waals surface area contributed by atoms with Gasteiger partial charge in [0, 0.05) is 17.4 Å². The number of allylic oxidation sites excluding steroid dienone is 1. The summed E-state index contributed by atoms with van der Waals surface area (Å²) in [7, 11) is 0. The Kier molecular flexibility index (Phi) is 2.49. The lowest BCUT2D eigenvalue weighted by molar-refractivity contribution is 0.441. The highest BCUT2D eigenvalue weighted by Gasteiger charge is 2.15. The maximum atomic E-state index is 5.55. The van der Waals surface area contributed by atoms with Gasteiger partial charge >= 0.3 is 0 Å². The Morgan fingerprint density at radius 2 is 1.80 bits per heavy atom. The Bertz CT molecular complexity index is 824. The van der Waals surface area contributed by atoms with E-state index in [2.05, 4.69) is 22.5 Å². The number of hydrogen-bond acceptors (Lipinski definition) is 3. The van der Waals surface area contributed by atoms with E-state index in [1.165, 1.54) is 0 Å². The lowest BCUT2D eigenvalue weighted by Gasteiger charge is -2.15. The van der Waals surface area contributed by atoms with E-state index in [1.807, 2.05) is 48.5 Å². The Balaban J connectivity index is 1.75. The highest BCUT2D eigenvalue weighted by Crippen LogP contribution is 2.30. The topological polar surface area (TPSA) is 35.0 Å². The van der Waals surface area contributed by atoms with Crippen molar-refractivity contribution in [3.8, 4) is 5.75 Å². The van der Waals surface area contributed by atoms with Gasteiger partial charge in [-0.1, -0.05) is 36.4 Å². The summed E-state index contributed by atoms with van der Waals surface area (Å²) < 4.78 is 5.55. The van der Waals surface area contributed by atoms with Gasteiger partial charge in [-0.25, -0.2) is 0 Å². The Morgan fingerprint density at radius 1 is 0.950 bits per heavy atom. The molecule has 0 N–H and O–H groups in total. The first-order valence-corrected chi connectivity index (χ1v) is 6.49. The number of nitrogens with zero attached hydrogens (tertiary/aromatic N) is 2. The van der Waals surface area contributed by atoms with Crippen LogP contribution in [0.5, 0.6) is 5.75 Å². The molecule has 0 saturated carbocycles. The Morgan fingerprint density at radius 3 is 2.80 bits per heavy atom. The van der Waals surface area contributed by atoms with Crippen molar-refractivity contribution < 1.29 is 4.74 Å². The number of ether oxygens (including phenoxy) is 1. The summed E-state index contributed by atoms with van der Waals surface area (Å²) in [6.07, 6.45) is 3.74. The predicted octanol–water partition coefficient (Wildman–Crippen LogP) is 3.41. The molecule has 2 heterocycles. The van der Waals surface area contributed by atoms with Gasteiger partial charge in [0.05, 0.1) is 11.2 Å². The monoisotopic (exact) mass is 259 g/mol. The van der Waals surface area contributed by atoms with Crippen molar-refractivity contribution in [1.29, 1.82) is 0 Å². The van der Waals surface area contributed by atoms with Crippen LogP contribution in [-0.2, 0) is 6.42 Å². The second kappa shape index (κ2) is 4.46. The van der Waals surface area contributed by atoms with Crippen LogP contribution in [-0.4, -0.2) is 10.2 Å². The van der Waals surface area contributed by atoms with E-state index < -0.39 is 0 Å². The zero-order chi connectivity index (χ0) is 13.4. The van der Waals surface area contributed by atoms with Crippen LogP contribution in [0.25, 0.3) is 16.5 Å². The fraction of sp³-hybridized carbons (Fsp3) is 0.0588. The lowest BCUT2D eigenvalue weighted by Crippen LogP contribution is -2.05. The second-order valence-electron chi connectivity index (χ2n) is 4.76. The molecule has 1 radical (unpaired) electrons. The molecule has 0 atom stereocenters.